The van der Waals surface area contributed by atoms with E-state index >= 15 is 0 Å². The van der Waals surface area contributed by atoms with Crippen molar-refractivity contribution in [3.05, 3.63) is 17.1 Å². The number of carboxylic acids is 1. The number of aliphatic carboxylic acids is 1. The second-order valence-electron chi connectivity index (χ2n) is 8.21. The van der Waals surface area contributed by atoms with Crippen LogP contribution in [0.3, 0.4) is 0 Å². The number of aromatic nitrogens is 6. The monoisotopic (exact) mass is 583 g/mol. The van der Waals surface area contributed by atoms with Gasteiger partial charge in [0.2, 0.25) is 16.7 Å². The van der Waals surface area contributed by atoms with Crippen LogP contribution in [-0.2, 0) is 25.8 Å². The zero-order chi connectivity index (χ0) is 27.4. The summed E-state index contributed by atoms with van der Waals surface area (Å²) in [6.07, 6.45) is 0. The highest BCUT2D eigenvalue weighted by Gasteiger charge is 2.54. The number of nitrogens with one attached hydrogen (secondary N) is 1. The zero-order valence-electron chi connectivity index (χ0n) is 20.6. The molecule has 4 rings (SSSR count). The van der Waals surface area contributed by atoms with E-state index in [0.717, 1.165) is 18.1 Å². The van der Waals surface area contributed by atoms with Crippen molar-refractivity contribution in [1.82, 2.24) is 44.7 Å². The molecule has 2 unspecified atom stereocenters. The number of carbonyl (C=O) groups is 3. The molecule has 0 aliphatic carbocycles. The summed E-state index contributed by atoms with van der Waals surface area (Å²) < 4.78 is 5.63. The standard InChI is InChI=1S/C19H25N11O5S3/c1-4-35-24-10(13-22-18(20)38-25-13)14(31)21-11-15(32)30-12(17(33)34)9(7-36-16(11)30)8-37-19-23-26-27-29(19)6-5-28(2)3/h11,16H,4-8H2,1-3H3,(H,21,31)(H,33,34)(H2,20,22,25)/b24-10+. The summed E-state index contributed by atoms with van der Waals surface area (Å²) in [6.45, 7) is 3.19. The predicted molar refractivity (Wildman–Crippen MR) is 139 cm³/mol. The molecule has 4 heterocycles. The largest absolute Gasteiger partial charge is 0.477 e. The number of thioether (sulfide) groups is 2. The van der Waals surface area contributed by atoms with Gasteiger partial charge >= 0.3 is 5.97 Å². The summed E-state index contributed by atoms with van der Waals surface area (Å²) in [5.74, 6) is -1.91. The van der Waals surface area contributed by atoms with Crippen LogP contribution in [0.15, 0.2) is 21.6 Å². The Kier molecular flexibility index (Phi) is 8.80. The highest BCUT2D eigenvalue weighted by molar-refractivity contribution is 8.01. The lowest BCUT2D eigenvalue weighted by Crippen LogP contribution is -2.71. The molecule has 0 radical (unpaired) electrons. The van der Waals surface area contributed by atoms with Crippen molar-refractivity contribution in [2.45, 2.75) is 30.0 Å². The molecule has 0 spiro atoms. The first-order valence-electron chi connectivity index (χ1n) is 11.2. The van der Waals surface area contributed by atoms with Gasteiger partial charge in [-0.05, 0) is 37.0 Å². The predicted octanol–water partition coefficient (Wildman–Crippen LogP) is -1.06. The quantitative estimate of drug-likeness (QED) is 0.118. The molecule has 16 nitrogen and oxygen atoms in total. The minimum atomic E-state index is -1.23. The van der Waals surface area contributed by atoms with Crippen LogP contribution in [0.4, 0.5) is 5.13 Å². The van der Waals surface area contributed by atoms with Gasteiger partial charge in [0.05, 0.1) is 6.54 Å². The molecule has 2 atom stereocenters. The van der Waals surface area contributed by atoms with E-state index < -0.39 is 29.2 Å². The van der Waals surface area contributed by atoms with E-state index in [0.29, 0.717) is 23.0 Å². The molecule has 2 aliphatic heterocycles. The first-order chi connectivity index (χ1) is 18.2. The number of β-lactam (4-membered cyclic amide) rings is 1. The number of carbonyl (C=O) groups excluding carboxylic acids is 2. The maximum absolute atomic E-state index is 13.0. The van der Waals surface area contributed by atoms with E-state index in [9.17, 15) is 19.5 Å². The Morgan fingerprint density at radius 2 is 2.18 bits per heavy atom. The molecule has 1 fully saturated rings. The van der Waals surface area contributed by atoms with E-state index in [1.54, 1.807) is 11.6 Å². The van der Waals surface area contributed by atoms with Crippen LogP contribution in [0.1, 0.15) is 12.7 Å². The lowest BCUT2D eigenvalue weighted by molar-refractivity contribution is -0.150. The van der Waals surface area contributed by atoms with Crippen molar-refractivity contribution in [2.75, 3.05) is 44.5 Å². The molecule has 0 bridgehead atoms. The highest BCUT2D eigenvalue weighted by Crippen LogP contribution is 2.41. The Hall–Kier alpha value is -3.29. The second-order valence-corrected chi connectivity index (χ2v) is 11.0. The number of anilines is 1. The number of carboxylic acid groups (broad SMARTS) is 1. The summed E-state index contributed by atoms with van der Waals surface area (Å²) in [6, 6.07) is -0.961. The number of tetrazole rings is 1. The van der Waals surface area contributed by atoms with Gasteiger partial charge < -0.3 is 25.9 Å². The van der Waals surface area contributed by atoms with Crippen molar-refractivity contribution in [2.24, 2.45) is 5.16 Å². The third-order valence-electron chi connectivity index (χ3n) is 5.32. The van der Waals surface area contributed by atoms with E-state index in [4.69, 9.17) is 10.6 Å². The molecule has 38 heavy (non-hydrogen) atoms. The third kappa shape index (κ3) is 5.89. The van der Waals surface area contributed by atoms with E-state index in [-0.39, 0.29) is 34.7 Å². The first kappa shape index (κ1) is 27.7. The fraction of sp³-hybridized carbons (Fsp3) is 0.526. The van der Waals surface area contributed by atoms with E-state index in [1.807, 2.05) is 19.0 Å². The fourth-order valence-electron chi connectivity index (χ4n) is 3.53. The summed E-state index contributed by atoms with van der Waals surface area (Å²) in [4.78, 5) is 50.3. The van der Waals surface area contributed by atoms with Crippen LogP contribution < -0.4 is 11.1 Å². The molecular formula is C19H25N11O5S3. The maximum Gasteiger partial charge on any atom is 0.352 e. The lowest BCUT2D eigenvalue weighted by atomic mass is 10.0. The number of likely N-dealkylation sites (N-methyl/N-ethyl adjacent to an activating group) is 1. The van der Waals surface area contributed by atoms with Crippen LogP contribution in [-0.4, -0.2) is 118 Å². The van der Waals surface area contributed by atoms with Crippen LogP contribution >= 0.6 is 35.1 Å². The highest BCUT2D eigenvalue weighted by atomic mass is 32.2. The molecule has 19 heteroatoms. The van der Waals surface area contributed by atoms with Crippen LogP contribution in [0.2, 0.25) is 0 Å². The van der Waals surface area contributed by atoms with Crippen LogP contribution in [0.5, 0.6) is 0 Å². The summed E-state index contributed by atoms with van der Waals surface area (Å²) >= 11 is 3.53. The number of fused-ring (bicyclic) bond motifs is 1. The van der Waals surface area contributed by atoms with Gasteiger partial charge in [-0.15, -0.1) is 16.9 Å². The van der Waals surface area contributed by atoms with Gasteiger partial charge in [-0.3, -0.25) is 14.5 Å². The van der Waals surface area contributed by atoms with Gasteiger partial charge in [0, 0.05) is 29.6 Å². The van der Waals surface area contributed by atoms with Gasteiger partial charge in [-0.1, -0.05) is 16.9 Å². The van der Waals surface area contributed by atoms with Gasteiger partial charge in [0.1, 0.15) is 23.7 Å². The van der Waals surface area contributed by atoms with Crippen molar-refractivity contribution < 1.29 is 24.3 Å². The van der Waals surface area contributed by atoms with Gasteiger partial charge in [-0.25, -0.2) is 9.48 Å². The number of amides is 2. The molecule has 204 valence electrons. The van der Waals surface area contributed by atoms with Crippen LogP contribution in [0, 0.1) is 0 Å². The zero-order valence-corrected chi connectivity index (χ0v) is 23.0. The first-order valence-corrected chi connectivity index (χ1v) is 14.1. The Labute approximate surface area is 229 Å². The number of nitrogens with two attached hydrogens (primary N) is 1. The third-order valence-corrected chi connectivity index (χ3v) is 8.25. The second kappa shape index (κ2) is 12.0. The molecule has 2 aromatic rings. The van der Waals surface area contributed by atoms with Gasteiger partial charge in [-0.2, -0.15) is 9.36 Å². The Bertz CT molecular complexity index is 1280. The van der Waals surface area contributed by atoms with Crippen LogP contribution in [0.25, 0.3) is 0 Å². The number of nitrogens with zero attached hydrogens (tertiary/aromatic N) is 9. The number of nitrogen functional groups attached to an aromatic ring is 1. The molecule has 1 saturated heterocycles. The lowest BCUT2D eigenvalue weighted by Gasteiger charge is -2.49. The topological polar surface area (TPSA) is 207 Å². The van der Waals surface area contributed by atoms with Gasteiger partial charge in [0.25, 0.3) is 11.8 Å². The summed E-state index contributed by atoms with van der Waals surface area (Å²) in [7, 11) is 3.88. The Morgan fingerprint density at radius 1 is 1.39 bits per heavy atom. The van der Waals surface area contributed by atoms with Crippen molar-refractivity contribution in [3.8, 4) is 0 Å². The molecule has 2 amide bonds. The number of hydrogen-bond donors (Lipinski definition) is 3. The molecule has 0 saturated carbocycles. The molecule has 0 aromatic carbocycles. The molecular weight excluding hydrogens is 558 g/mol. The number of hydrogen-bond acceptors (Lipinski definition) is 15. The maximum atomic E-state index is 13.0. The molecule has 2 aromatic heterocycles. The summed E-state index contributed by atoms with van der Waals surface area (Å²) in [5, 5.41) is 28.1. The Morgan fingerprint density at radius 3 is 2.84 bits per heavy atom. The SMILES string of the molecule is CCO/N=C(/C(=O)NC1C(=O)N2C(C(=O)O)=C(CSc3nnnn3CCN(C)C)CSC12)c1nsc(N)n1. The average molecular weight is 584 g/mol. The smallest absolute Gasteiger partial charge is 0.352 e. The summed E-state index contributed by atoms with van der Waals surface area (Å²) in [5.41, 5.74) is 5.85. The molecule has 2 aliphatic rings. The van der Waals surface area contributed by atoms with Crippen molar-refractivity contribution >= 4 is 63.7 Å². The Balaban J connectivity index is 1.46. The normalized spacial score (nSPS) is 19.4. The van der Waals surface area contributed by atoms with Gasteiger partial charge in [0.15, 0.2) is 5.13 Å². The minimum absolute atomic E-state index is 0.0308. The van der Waals surface area contributed by atoms with Crippen molar-refractivity contribution in [3.63, 3.8) is 0 Å². The molecule has 4 N–H and O–H groups in total. The number of oxime groups is 1. The fourth-order valence-corrected chi connectivity index (χ4v) is 6.36. The average Bonchev–Trinajstić information content (AvgIpc) is 3.52. The van der Waals surface area contributed by atoms with E-state index in [2.05, 4.69) is 35.4 Å². The van der Waals surface area contributed by atoms with E-state index in [1.165, 1.54) is 28.4 Å². The van der Waals surface area contributed by atoms with Crippen molar-refractivity contribution in [1.29, 1.82) is 0 Å². The minimum Gasteiger partial charge on any atom is -0.477 e. The number of rotatable bonds is 12.